The fourth-order valence-electron chi connectivity index (χ4n) is 1.13. The summed E-state index contributed by atoms with van der Waals surface area (Å²) in [5.41, 5.74) is 0. The summed E-state index contributed by atoms with van der Waals surface area (Å²) in [7, 11) is -1.55. The lowest BCUT2D eigenvalue weighted by molar-refractivity contribution is 0.406. The normalized spacial score (nSPS) is 12.2. The highest BCUT2D eigenvalue weighted by Crippen LogP contribution is 2.08. The highest BCUT2D eigenvalue weighted by molar-refractivity contribution is 7.89. The smallest absolute Gasteiger partial charge is 0.214 e. The highest BCUT2D eigenvalue weighted by atomic mass is 32.2. The monoisotopic (exact) mass is 217 g/mol. The molecule has 0 amide bonds. The predicted molar refractivity (Wildman–Crippen MR) is 54.3 cm³/mol. The van der Waals surface area contributed by atoms with Gasteiger partial charge in [0.15, 0.2) is 0 Å². The van der Waals surface area contributed by atoms with Gasteiger partial charge in [0.25, 0.3) is 0 Å². The second kappa shape index (κ2) is 4.61. The number of furan rings is 1. The summed E-state index contributed by atoms with van der Waals surface area (Å²) in [5, 5.41) is 0. The Kier molecular flexibility index (Phi) is 3.71. The molecule has 5 heteroatoms. The molecule has 4 nitrogen and oxygen atoms in total. The van der Waals surface area contributed by atoms with E-state index in [9.17, 15) is 8.42 Å². The first kappa shape index (κ1) is 11.3. The van der Waals surface area contributed by atoms with Crippen molar-refractivity contribution < 1.29 is 12.8 Å². The van der Waals surface area contributed by atoms with Crippen LogP contribution in [0.4, 0.5) is 0 Å². The number of sulfonamides is 1. The van der Waals surface area contributed by atoms with E-state index in [0.717, 1.165) is 0 Å². The second-order valence-corrected chi connectivity index (χ2v) is 5.35. The van der Waals surface area contributed by atoms with E-state index >= 15 is 0 Å². The summed E-state index contributed by atoms with van der Waals surface area (Å²) in [4.78, 5) is 0. The van der Waals surface area contributed by atoms with Crippen molar-refractivity contribution in [1.82, 2.24) is 4.31 Å². The molecule has 0 saturated heterocycles. The third kappa shape index (κ3) is 2.85. The molecule has 0 aromatic carbocycles. The number of hydrogen-bond donors (Lipinski definition) is 0. The van der Waals surface area contributed by atoms with Crippen molar-refractivity contribution in [1.29, 1.82) is 0 Å². The van der Waals surface area contributed by atoms with Crippen LogP contribution in [0.25, 0.3) is 0 Å². The molecule has 14 heavy (non-hydrogen) atoms. The van der Waals surface area contributed by atoms with Gasteiger partial charge in [0, 0.05) is 7.05 Å². The maximum Gasteiger partial charge on any atom is 0.214 e. The number of nitrogens with zero attached hydrogens (tertiary/aromatic N) is 1. The molecule has 1 aromatic heterocycles. The van der Waals surface area contributed by atoms with Crippen LogP contribution in [0.1, 0.15) is 19.1 Å². The largest absolute Gasteiger partial charge is 0.468 e. The van der Waals surface area contributed by atoms with E-state index in [2.05, 4.69) is 0 Å². The first-order valence-electron chi connectivity index (χ1n) is 4.52. The molecule has 0 fully saturated rings. The average Bonchev–Trinajstić information content (AvgIpc) is 2.56. The minimum absolute atomic E-state index is 0.185. The summed E-state index contributed by atoms with van der Waals surface area (Å²) < 4.78 is 29.5. The van der Waals surface area contributed by atoms with Gasteiger partial charge in [-0.3, -0.25) is 0 Å². The maximum atomic E-state index is 11.5. The number of rotatable bonds is 5. The van der Waals surface area contributed by atoms with Crippen LogP contribution in [0, 0.1) is 0 Å². The lowest BCUT2D eigenvalue weighted by Crippen LogP contribution is -2.28. The topological polar surface area (TPSA) is 50.5 Å². The van der Waals surface area contributed by atoms with Crippen molar-refractivity contribution in [2.75, 3.05) is 12.8 Å². The molecule has 1 aromatic rings. The first-order chi connectivity index (χ1) is 6.56. The van der Waals surface area contributed by atoms with Gasteiger partial charge in [-0.05, 0) is 18.6 Å². The minimum Gasteiger partial charge on any atom is -0.468 e. The molecule has 0 N–H and O–H groups in total. The van der Waals surface area contributed by atoms with Crippen molar-refractivity contribution in [3.05, 3.63) is 24.2 Å². The van der Waals surface area contributed by atoms with Gasteiger partial charge in [-0.25, -0.2) is 8.42 Å². The Morgan fingerprint density at radius 1 is 1.50 bits per heavy atom. The highest BCUT2D eigenvalue weighted by Gasteiger charge is 2.17. The molecule has 80 valence electrons. The van der Waals surface area contributed by atoms with Gasteiger partial charge in [0.2, 0.25) is 10.0 Å². The van der Waals surface area contributed by atoms with Crippen molar-refractivity contribution in [3.8, 4) is 0 Å². The Labute approximate surface area is 84.6 Å². The third-order valence-corrected chi connectivity index (χ3v) is 3.90. The van der Waals surface area contributed by atoms with Crippen molar-refractivity contribution in [2.45, 2.75) is 19.9 Å². The summed E-state index contributed by atoms with van der Waals surface area (Å²) in [6.07, 6.45) is 2.17. The van der Waals surface area contributed by atoms with Crippen LogP contribution in [0.3, 0.4) is 0 Å². The van der Waals surface area contributed by atoms with Gasteiger partial charge < -0.3 is 4.42 Å². The van der Waals surface area contributed by atoms with E-state index in [1.54, 1.807) is 19.2 Å². The van der Waals surface area contributed by atoms with E-state index < -0.39 is 10.0 Å². The van der Waals surface area contributed by atoms with E-state index in [0.29, 0.717) is 18.7 Å². The van der Waals surface area contributed by atoms with Crippen LogP contribution < -0.4 is 0 Å². The van der Waals surface area contributed by atoms with Crippen LogP contribution in [-0.4, -0.2) is 25.5 Å². The molecule has 0 atom stereocenters. The zero-order chi connectivity index (χ0) is 10.6. The van der Waals surface area contributed by atoms with Crippen LogP contribution in [0.15, 0.2) is 22.8 Å². The molecular weight excluding hydrogens is 202 g/mol. The van der Waals surface area contributed by atoms with E-state index in [1.807, 2.05) is 6.92 Å². The Bertz CT molecular complexity index is 355. The molecule has 0 saturated carbocycles. The Morgan fingerprint density at radius 3 is 2.71 bits per heavy atom. The molecule has 0 bridgehead atoms. The Balaban J connectivity index is 2.62. The van der Waals surface area contributed by atoms with Gasteiger partial charge >= 0.3 is 0 Å². The average molecular weight is 217 g/mol. The Morgan fingerprint density at radius 2 is 2.21 bits per heavy atom. The standard InChI is InChI=1S/C9H15NO3S/c1-3-7-14(11,12)10(2)8-9-5-4-6-13-9/h4-6H,3,7-8H2,1-2H3. The van der Waals surface area contributed by atoms with Crippen molar-refractivity contribution in [3.63, 3.8) is 0 Å². The molecule has 1 rings (SSSR count). The van der Waals surface area contributed by atoms with Crippen molar-refractivity contribution in [2.24, 2.45) is 0 Å². The molecule has 1 heterocycles. The summed E-state index contributed by atoms with van der Waals surface area (Å²) in [6.45, 7) is 2.15. The molecule has 0 aliphatic carbocycles. The van der Waals surface area contributed by atoms with E-state index in [-0.39, 0.29) is 5.75 Å². The van der Waals surface area contributed by atoms with Gasteiger partial charge in [-0.15, -0.1) is 0 Å². The Hall–Kier alpha value is -0.810. The first-order valence-corrected chi connectivity index (χ1v) is 6.13. The van der Waals surface area contributed by atoms with Gasteiger partial charge in [0.05, 0.1) is 18.6 Å². The zero-order valence-electron chi connectivity index (χ0n) is 8.43. The zero-order valence-corrected chi connectivity index (χ0v) is 9.25. The molecule has 0 spiro atoms. The number of hydrogen-bond acceptors (Lipinski definition) is 3. The molecule has 0 aliphatic heterocycles. The SMILES string of the molecule is CCCS(=O)(=O)N(C)Cc1ccco1. The fourth-order valence-corrected chi connectivity index (χ4v) is 2.29. The van der Waals surface area contributed by atoms with Crippen LogP contribution >= 0.6 is 0 Å². The fraction of sp³-hybridized carbons (Fsp3) is 0.556. The lowest BCUT2D eigenvalue weighted by Gasteiger charge is -2.14. The van der Waals surface area contributed by atoms with E-state index in [4.69, 9.17) is 4.42 Å². The van der Waals surface area contributed by atoms with Gasteiger partial charge in [-0.1, -0.05) is 6.92 Å². The van der Waals surface area contributed by atoms with Gasteiger partial charge in [-0.2, -0.15) is 4.31 Å². The van der Waals surface area contributed by atoms with Crippen LogP contribution in [-0.2, 0) is 16.6 Å². The third-order valence-electron chi connectivity index (χ3n) is 1.90. The summed E-state index contributed by atoms with van der Waals surface area (Å²) >= 11 is 0. The molecular formula is C9H15NO3S. The maximum absolute atomic E-state index is 11.5. The van der Waals surface area contributed by atoms with E-state index in [1.165, 1.54) is 10.6 Å². The molecule has 0 radical (unpaired) electrons. The lowest BCUT2D eigenvalue weighted by atomic mass is 10.4. The predicted octanol–water partition coefficient (Wildman–Crippen LogP) is 1.45. The van der Waals surface area contributed by atoms with Crippen molar-refractivity contribution >= 4 is 10.0 Å². The quantitative estimate of drug-likeness (QED) is 0.750. The van der Waals surface area contributed by atoms with Gasteiger partial charge in [0.1, 0.15) is 5.76 Å². The second-order valence-electron chi connectivity index (χ2n) is 3.15. The minimum atomic E-state index is -3.11. The molecule has 0 unspecified atom stereocenters. The van der Waals surface area contributed by atoms with Crippen LogP contribution in [0.2, 0.25) is 0 Å². The summed E-state index contributed by atoms with van der Waals surface area (Å²) in [5.74, 6) is 0.844. The molecule has 0 aliphatic rings. The van der Waals surface area contributed by atoms with Crippen LogP contribution in [0.5, 0.6) is 0 Å². The summed E-state index contributed by atoms with van der Waals surface area (Å²) in [6, 6.07) is 3.51.